The molecule has 0 saturated carbocycles. The Morgan fingerprint density at radius 3 is 2.67 bits per heavy atom. The Kier molecular flexibility index (Phi) is 5.58. The Hall–Kier alpha value is -3.94. The highest BCUT2D eigenvalue weighted by Crippen LogP contribution is 2.17. The lowest BCUT2D eigenvalue weighted by molar-refractivity contribution is -0.139. The van der Waals surface area contributed by atoms with Gasteiger partial charge in [-0.3, -0.25) is 9.89 Å². The molecule has 0 fully saturated rings. The van der Waals surface area contributed by atoms with Crippen LogP contribution in [0.5, 0.6) is 5.75 Å². The number of amides is 1. The first kappa shape index (κ1) is 17.9. The van der Waals surface area contributed by atoms with Crippen molar-refractivity contribution in [1.82, 2.24) is 15.6 Å². The molecule has 0 atom stereocenters. The van der Waals surface area contributed by atoms with Crippen LogP contribution in [0.1, 0.15) is 16.1 Å². The Morgan fingerprint density at radius 1 is 1.15 bits per heavy atom. The van der Waals surface area contributed by atoms with Crippen molar-refractivity contribution in [2.75, 3.05) is 6.61 Å². The number of aromatic nitrogens is 2. The van der Waals surface area contributed by atoms with Crippen LogP contribution in [0.4, 0.5) is 0 Å². The molecule has 27 heavy (non-hydrogen) atoms. The van der Waals surface area contributed by atoms with Crippen LogP contribution in [0.2, 0.25) is 0 Å². The van der Waals surface area contributed by atoms with E-state index in [0.29, 0.717) is 17.0 Å². The molecule has 1 aromatic heterocycles. The molecule has 1 amide bonds. The first-order valence-electron chi connectivity index (χ1n) is 8.01. The zero-order valence-electron chi connectivity index (χ0n) is 14.1. The number of hydrogen-bond donors (Lipinski definition) is 3. The number of carbonyl (C=O) groups excluding carboxylic acids is 1. The maximum absolute atomic E-state index is 12.2. The SMILES string of the molecule is O=C(O)COc1ccccc1C=NNC(=O)c1cc(-c2ccccc2)n[nH]1. The number of hydrogen-bond acceptors (Lipinski definition) is 5. The second kappa shape index (κ2) is 8.43. The summed E-state index contributed by atoms with van der Waals surface area (Å²) in [5.74, 6) is -1.18. The van der Waals surface area contributed by atoms with Crippen LogP contribution in [0, 0.1) is 0 Å². The van der Waals surface area contributed by atoms with E-state index in [9.17, 15) is 9.59 Å². The minimum absolute atomic E-state index is 0.265. The summed E-state index contributed by atoms with van der Waals surface area (Å²) in [7, 11) is 0. The van der Waals surface area contributed by atoms with Crippen molar-refractivity contribution in [1.29, 1.82) is 0 Å². The Bertz CT molecular complexity index is 967. The van der Waals surface area contributed by atoms with Crippen molar-refractivity contribution in [3.63, 3.8) is 0 Å². The summed E-state index contributed by atoms with van der Waals surface area (Å²) in [5.41, 5.74) is 4.73. The number of hydrazone groups is 1. The number of carbonyl (C=O) groups is 2. The number of nitrogens with one attached hydrogen (secondary N) is 2. The fourth-order valence-electron chi connectivity index (χ4n) is 2.27. The van der Waals surface area contributed by atoms with Crippen LogP contribution in [0.15, 0.2) is 65.8 Å². The predicted octanol–water partition coefficient (Wildman–Crippen LogP) is 2.30. The van der Waals surface area contributed by atoms with Gasteiger partial charge in [-0.05, 0) is 18.2 Å². The zero-order chi connectivity index (χ0) is 19.1. The van der Waals surface area contributed by atoms with Crippen LogP contribution < -0.4 is 10.2 Å². The molecular formula is C19H16N4O4. The standard InChI is InChI=1S/C19H16N4O4/c24-18(25)12-27-17-9-5-4-8-14(17)11-20-23-19(26)16-10-15(21-22-16)13-6-2-1-3-7-13/h1-11H,12H2,(H,21,22)(H,23,26)(H,24,25). The Labute approximate surface area is 154 Å². The van der Waals surface area contributed by atoms with Crippen LogP contribution in [0.25, 0.3) is 11.3 Å². The molecule has 0 saturated heterocycles. The average Bonchev–Trinajstić information content (AvgIpc) is 3.18. The molecule has 0 aliphatic carbocycles. The van der Waals surface area contributed by atoms with Crippen molar-refractivity contribution >= 4 is 18.1 Å². The highest BCUT2D eigenvalue weighted by molar-refractivity contribution is 5.94. The minimum atomic E-state index is -1.08. The first-order valence-corrected chi connectivity index (χ1v) is 8.01. The van der Waals surface area contributed by atoms with Gasteiger partial charge in [0, 0.05) is 11.1 Å². The van der Waals surface area contributed by atoms with Crippen molar-refractivity contribution in [3.05, 3.63) is 71.9 Å². The van der Waals surface area contributed by atoms with E-state index in [1.807, 2.05) is 30.3 Å². The number of carboxylic acids is 1. The number of benzene rings is 2. The lowest BCUT2D eigenvalue weighted by Gasteiger charge is -2.06. The van der Waals surface area contributed by atoms with Gasteiger partial charge in [0.1, 0.15) is 11.4 Å². The van der Waals surface area contributed by atoms with Crippen LogP contribution in [0.3, 0.4) is 0 Å². The largest absolute Gasteiger partial charge is 0.481 e. The molecule has 0 aliphatic rings. The normalized spacial score (nSPS) is 10.7. The molecular weight excluding hydrogens is 348 g/mol. The maximum Gasteiger partial charge on any atom is 0.341 e. The molecule has 3 N–H and O–H groups in total. The smallest absolute Gasteiger partial charge is 0.341 e. The summed E-state index contributed by atoms with van der Waals surface area (Å²) in [6.45, 7) is -0.465. The summed E-state index contributed by atoms with van der Waals surface area (Å²) >= 11 is 0. The van der Waals surface area contributed by atoms with E-state index in [1.54, 1.807) is 30.3 Å². The molecule has 0 radical (unpaired) electrons. The highest BCUT2D eigenvalue weighted by Gasteiger charge is 2.10. The molecule has 3 rings (SSSR count). The average molecular weight is 364 g/mol. The van der Waals surface area contributed by atoms with Crippen molar-refractivity contribution in [2.45, 2.75) is 0 Å². The summed E-state index contributed by atoms with van der Waals surface area (Å²) in [6, 6.07) is 17.9. The predicted molar refractivity (Wildman–Crippen MR) is 98.7 cm³/mol. The minimum Gasteiger partial charge on any atom is -0.481 e. The van der Waals surface area contributed by atoms with Gasteiger partial charge in [-0.1, -0.05) is 42.5 Å². The van der Waals surface area contributed by atoms with E-state index in [0.717, 1.165) is 5.56 Å². The number of aromatic amines is 1. The van der Waals surface area contributed by atoms with Gasteiger partial charge in [-0.25, -0.2) is 10.2 Å². The fourth-order valence-corrected chi connectivity index (χ4v) is 2.27. The summed E-state index contributed by atoms with van der Waals surface area (Å²) < 4.78 is 5.17. The summed E-state index contributed by atoms with van der Waals surface area (Å²) in [4.78, 5) is 22.8. The number of carboxylic acid groups (broad SMARTS) is 1. The summed E-state index contributed by atoms with van der Waals surface area (Å²) in [6.07, 6.45) is 1.38. The van der Waals surface area contributed by atoms with E-state index >= 15 is 0 Å². The highest BCUT2D eigenvalue weighted by atomic mass is 16.5. The molecule has 136 valence electrons. The van der Waals surface area contributed by atoms with Crippen LogP contribution >= 0.6 is 0 Å². The number of aliphatic carboxylic acids is 1. The van der Waals surface area contributed by atoms with Gasteiger partial charge in [0.25, 0.3) is 5.91 Å². The third-order valence-corrected chi connectivity index (χ3v) is 3.53. The topological polar surface area (TPSA) is 117 Å². The fraction of sp³-hybridized carbons (Fsp3) is 0.0526. The van der Waals surface area contributed by atoms with E-state index in [-0.39, 0.29) is 5.69 Å². The quantitative estimate of drug-likeness (QED) is 0.439. The summed E-state index contributed by atoms with van der Waals surface area (Å²) in [5, 5.41) is 19.4. The number of para-hydroxylation sites is 1. The van der Waals surface area contributed by atoms with Gasteiger partial charge < -0.3 is 9.84 Å². The molecule has 0 bridgehead atoms. The lowest BCUT2D eigenvalue weighted by Crippen LogP contribution is -2.18. The van der Waals surface area contributed by atoms with Crippen LogP contribution in [-0.4, -0.2) is 40.0 Å². The van der Waals surface area contributed by atoms with E-state index in [4.69, 9.17) is 9.84 Å². The van der Waals surface area contributed by atoms with Crippen molar-refractivity contribution in [3.8, 4) is 17.0 Å². The lowest BCUT2D eigenvalue weighted by atomic mass is 10.1. The Balaban J connectivity index is 1.64. The molecule has 3 aromatic rings. The van der Waals surface area contributed by atoms with E-state index in [1.165, 1.54) is 6.21 Å². The molecule has 8 nitrogen and oxygen atoms in total. The van der Waals surface area contributed by atoms with Crippen LogP contribution in [-0.2, 0) is 4.79 Å². The molecule has 0 aliphatic heterocycles. The monoisotopic (exact) mass is 364 g/mol. The number of H-pyrrole nitrogens is 1. The van der Waals surface area contributed by atoms with Gasteiger partial charge in [0.05, 0.1) is 11.9 Å². The second-order valence-corrected chi connectivity index (χ2v) is 5.45. The van der Waals surface area contributed by atoms with Crippen molar-refractivity contribution < 1.29 is 19.4 Å². The Morgan fingerprint density at radius 2 is 1.89 bits per heavy atom. The van der Waals surface area contributed by atoms with Gasteiger partial charge in [0.15, 0.2) is 6.61 Å². The molecule has 1 heterocycles. The number of nitrogens with zero attached hydrogens (tertiary/aromatic N) is 2. The molecule has 0 unspecified atom stereocenters. The molecule has 0 spiro atoms. The van der Waals surface area contributed by atoms with E-state index in [2.05, 4.69) is 20.7 Å². The second-order valence-electron chi connectivity index (χ2n) is 5.45. The zero-order valence-corrected chi connectivity index (χ0v) is 14.1. The third-order valence-electron chi connectivity index (χ3n) is 3.53. The molecule has 8 heteroatoms. The number of rotatable bonds is 7. The molecule has 2 aromatic carbocycles. The van der Waals surface area contributed by atoms with Gasteiger partial charge in [-0.2, -0.15) is 10.2 Å². The first-order chi connectivity index (χ1) is 13.1. The van der Waals surface area contributed by atoms with Gasteiger partial charge in [0.2, 0.25) is 0 Å². The van der Waals surface area contributed by atoms with E-state index < -0.39 is 18.5 Å². The number of ether oxygens (including phenoxy) is 1. The van der Waals surface area contributed by atoms with Gasteiger partial charge in [-0.15, -0.1) is 0 Å². The maximum atomic E-state index is 12.2. The van der Waals surface area contributed by atoms with Gasteiger partial charge >= 0.3 is 5.97 Å². The third kappa shape index (κ3) is 4.79. The van der Waals surface area contributed by atoms with Crippen molar-refractivity contribution in [2.24, 2.45) is 5.10 Å².